The third-order valence-electron chi connectivity index (χ3n) is 6.88. The first-order valence-corrected chi connectivity index (χ1v) is 19.2. The fraction of sp³-hybridized carbons (Fsp3) is 0.273. The highest BCUT2D eigenvalue weighted by molar-refractivity contribution is 9.10. The SMILES string of the molecule is CCOc1ccc(Br)c(C(O[Si](C)(C)C)c2c(Br)ccc(F)c2F)c1F.CCOc1ccc2c(c1F)C(O)c1c-2ccc(F)c1F. The van der Waals surface area contributed by atoms with E-state index in [0.717, 1.165) is 12.1 Å². The molecule has 0 spiro atoms. The van der Waals surface area contributed by atoms with E-state index in [9.17, 15) is 27.1 Å². The Kier molecular flexibility index (Phi) is 11.4. The average Bonchev–Trinajstić information content (AvgIpc) is 3.28. The number of fused-ring (bicyclic) bond motifs is 3. The number of hydrogen-bond donors (Lipinski definition) is 1. The summed E-state index contributed by atoms with van der Waals surface area (Å²) in [7, 11) is -2.27. The molecule has 0 aliphatic heterocycles. The summed E-state index contributed by atoms with van der Waals surface area (Å²) in [6.45, 7) is 9.65. The first-order chi connectivity index (χ1) is 21.6. The van der Waals surface area contributed by atoms with Crippen LogP contribution in [0.5, 0.6) is 11.5 Å². The van der Waals surface area contributed by atoms with Crippen LogP contribution in [-0.2, 0) is 4.43 Å². The quantitative estimate of drug-likeness (QED) is 0.110. The van der Waals surface area contributed by atoms with E-state index >= 15 is 4.39 Å². The lowest BCUT2D eigenvalue weighted by Gasteiger charge is -2.29. The van der Waals surface area contributed by atoms with Gasteiger partial charge in [0.05, 0.1) is 13.2 Å². The summed E-state index contributed by atoms with van der Waals surface area (Å²) in [4.78, 5) is 0. The summed E-state index contributed by atoms with van der Waals surface area (Å²) in [6.07, 6.45) is -2.67. The summed E-state index contributed by atoms with van der Waals surface area (Å²) < 4.78 is 102. The second-order valence-corrected chi connectivity index (χ2v) is 17.2. The first kappa shape index (κ1) is 36.0. The Hall–Kier alpha value is -2.84. The van der Waals surface area contributed by atoms with Crippen LogP contribution >= 0.6 is 31.9 Å². The molecule has 0 radical (unpaired) electrons. The Morgan fingerprint density at radius 3 is 1.65 bits per heavy atom. The highest BCUT2D eigenvalue weighted by Crippen LogP contribution is 2.48. The number of ether oxygens (including phenoxy) is 2. The number of aliphatic hydroxyl groups is 1. The summed E-state index contributed by atoms with van der Waals surface area (Å²) in [5.74, 6) is -5.71. The molecule has 5 rings (SSSR count). The van der Waals surface area contributed by atoms with E-state index in [1.165, 1.54) is 30.3 Å². The van der Waals surface area contributed by atoms with Crippen LogP contribution < -0.4 is 9.47 Å². The van der Waals surface area contributed by atoms with Gasteiger partial charge in [0, 0.05) is 31.2 Å². The van der Waals surface area contributed by atoms with Gasteiger partial charge in [0.25, 0.3) is 0 Å². The molecule has 46 heavy (non-hydrogen) atoms. The minimum atomic E-state index is -2.27. The zero-order valence-corrected chi connectivity index (χ0v) is 29.6. The molecule has 0 aromatic heterocycles. The molecule has 2 unspecified atom stereocenters. The summed E-state index contributed by atoms with van der Waals surface area (Å²) in [5.41, 5.74) is 0.341. The lowest BCUT2D eigenvalue weighted by atomic mass is 10.00. The van der Waals surface area contributed by atoms with Crippen molar-refractivity contribution in [3.05, 3.63) is 115 Å². The molecule has 4 aromatic rings. The van der Waals surface area contributed by atoms with Crippen LogP contribution in [0.2, 0.25) is 19.6 Å². The average molecular weight is 792 g/mol. The van der Waals surface area contributed by atoms with Gasteiger partial charge in [-0.3, -0.25) is 0 Å². The van der Waals surface area contributed by atoms with Crippen molar-refractivity contribution < 1.29 is 45.3 Å². The Morgan fingerprint density at radius 2 is 1.09 bits per heavy atom. The molecule has 0 fully saturated rings. The zero-order valence-electron chi connectivity index (χ0n) is 25.4. The molecule has 4 nitrogen and oxygen atoms in total. The molecule has 0 saturated heterocycles. The number of rotatable bonds is 8. The van der Waals surface area contributed by atoms with E-state index in [0.29, 0.717) is 20.1 Å². The molecule has 0 amide bonds. The van der Waals surface area contributed by atoms with Crippen LogP contribution in [0, 0.1) is 34.9 Å². The van der Waals surface area contributed by atoms with E-state index in [1.54, 1.807) is 19.9 Å². The highest BCUT2D eigenvalue weighted by atomic mass is 79.9. The Morgan fingerprint density at radius 1 is 0.652 bits per heavy atom. The van der Waals surface area contributed by atoms with Crippen molar-refractivity contribution >= 4 is 40.2 Å². The molecule has 246 valence electrons. The standard InChI is InChI=1S/C18H19Br2F3O2Si.C15H11F3O2/c1-5-24-13-9-7-11(20)15(17(13)23)18(25-26(2,3)4)14-10(19)6-8-12(21)16(14)22;1-2-20-10-6-4-8-7-3-5-9(16)13(17)11(7)15(19)12(8)14(10)18/h6-9,18H,5H2,1-4H3;3-6,15,19H,2H2,1H3. The predicted octanol–water partition coefficient (Wildman–Crippen LogP) is 10.5. The molecule has 13 heteroatoms. The largest absolute Gasteiger partial charge is 0.491 e. The number of hydrogen-bond acceptors (Lipinski definition) is 4. The van der Waals surface area contributed by atoms with Gasteiger partial charge >= 0.3 is 0 Å². The van der Waals surface area contributed by atoms with Crippen molar-refractivity contribution in [2.24, 2.45) is 0 Å². The lowest BCUT2D eigenvalue weighted by Crippen LogP contribution is -2.30. The van der Waals surface area contributed by atoms with Crippen LogP contribution in [0.3, 0.4) is 0 Å². The molecule has 2 atom stereocenters. The van der Waals surface area contributed by atoms with E-state index in [4.69, 9.17) is 13.9 Å². The third kappa shape index (κ3) is 7.18. The van der Waals surface area contributed by atoms with Crippen molar-refractivity contribution in [3.8, 4) is 22.6 Å². The van der Waals surface area contributed by atoms with Gasteiger partial charge in [-0.15, -0.1) is 0 Å². The van der Waals surface area contributed by atoms with Crippen molar-refractivity contribution in [1.29, 1.82) is 0 Å². The molecule has 0 bridgehead atoms. The molecule has 1 aliphatic carbocycles. The fourth-order valence-corrected chi connectivity index (χ4v) is 6.98. The highest BCUT2D eigenvalue weighted by Gasteiger charge is 2.36. The maximum Gasteiger partial charge on any atom is 0.185 e. The van der Waals surface area contributed by atoms with Gasteiger partial charge in [-0.1, -0.05) is 44.0 Å². The fourth-order valence-electron chi connectivity index (χ4n) is 5.01. The summed E-state index contributed by atoms with van der Waals surface area (Å²) in [5, 5.41) is 10.1. The Labute approximate surface area is 280 Å². The molecule has 0 heterocycles. The predicted molar refractivity (Wildman–Crippen MR) is 173 cm³/mol. The minimum Gasteiger partial charge on any atom is -0.491 e. The minimum absolute atomic E-state index is 0.0148. The molecule has 1 aliphatic rings. The smallest absolute Gasteiger partial charge is 0.185 e. The van der Waals surface area contributed by atoms with Crippen molar-refractivity contribution in [2.75, 3.05) is 13.2 Å². The van der Waals surface area contributed by atoms with Gasteiger partial charge in [-0.05, 0) is 81.0 Å². The monoisotopic (exact) mass is 790 g/mol. The zero-order chi connectivity index (χ0) is 34.1. The van der Waals surface area contributed by atoms with Gasteiger partial charge in [0.15, 0.2) is 54.7 Å². The third-order valence-corrected chi connectivity index (χ3v) is 9.21. The van der Waals surface area contributed by atoms with E-state index in [-0.39, 0.29) is 47.0 Å². The number of aliphatic hydroxyl groups excluding tert-OH is 1. The molecule has 0 saturated carbocycles. The summed E-state index contributed by atoms with van der Waals surface area (Å²) in [6, 6.07) is 10.7. The topological polar surface area (TPSA) is 47.9 Å². The second-order valence-electron chi connectivity index (χ2n) is 11.1. The van der Waals surface area contributed by atoms with Crippen LogP contribution in [-0.4, -0.2) is 26.6 Å². The molecular weight excluding hydrogens is 762 g/mol. The van der Waals surface area contributed by atoms with Crippen LogP contribution in [0.4, 0.5) is 26.3 Å². The van der Waals surface area contributed by atoms with Gasteiger partial charge in [-0.25, -0.2) is 26.3 Å². The van der Waals surface area contributed by atoms with E-state index < -0.39 is 55.4 Å². The maximum atomic E-state index is 15.1. The molecule has 1 N–H and O–H groups in total. The Balaban J connectivity index is 0.000000215. The molecular formula is C33H30Br2F6O4Si. The first-order valence-electron chi connectivity index (χ1n) is 14.2. The van der Waals surface area contributed by atoms with Crippen molar-refractivity contribution in [2.45, 2.75) is 45.7 Å². The van der Waals surface area contributed by atoms with E-state index in [2.05, 4.69) is 31.9 Å². The number of benzene rings is 4. The van der Waals surface area contributed by atoms with Gasteiger partial charge in [0.1, 0.15) is 12.2 Å². The van der Waals surface area contributed by atoms with Gasteiger partial charge < -0.3 is 19.0 Å². The molecule has 4 aromatic carbocycles. The Bertz CT molecular complexity index is 1770. The second kappa shape index (κ2) is 14.5. The van der Waals surface area contributed by atoms with Gasteiger partial charge in [-0.2, -0.15) is 0 Å². The normalized spacial score (nSPS) is 14.3. The van der Waals surface area contributed by atoms with E-state index in [1.807, 2.05) is 19.6 Å². The van der Waals surface area contributed by atoms with Crippen molar-refractivity contribution in [1.82, 2.24) is 0 Å². The van der Waals surface area contributed by atoms with Crippen LogP contribution in [0.15, 0.2) is 57.5 Å². The van der Waals surface area contributed by atoms with Gasteiger partial charge in [0.2, 0.25) is 0 Å². The maximum absolute atomic E-state index is 15.1. The van der Waals surface area contributed by atoms with Crippen LogP contribution in [0.25, 0.3) is 11.1 Å². The number of halogens is 8. The van der Waals surface area contributed by atoms with Crippen LogP contribution in [0.1, 0.15) is 48.3 Å². The van der Waals surface area contributed by atoms with Crippen molar-refractivity contribution in [3.63, 3.8) is 0 Å². The lowest BCUT2D eigenvalue weighted by molar-refractivity contribution is 0.211. The summed E-state index contributed by atoms with van der Waals surface area (Å²) >= 11 is 6.56.